The zero-order valence-corrected chi connectivity index (χ0v) is 14.9. The number of nitrogens with zero attached hydrogens (tertiary/aromatic N) is 1. The van der Waals surface area contributed by atoms with Gasteiger partial charge in [0.05, 0.1) is 11.9 Å². The number of Topliss-reactive ketones (excluding diaryl/α,β-unsaturated/α-hetero) is 1. The van der Waals surface area contributed by atoms with Gasteiger partial charge in [0.1, 0.15) is 4.90 Å². The van der Waals surface area contributed by atoms with Crippen molar-refractivity contribution in [3.8, 4) is 0 Å². The second-order valence-electron chi connectivity index (χ2n) is 5.87. The van der Waals surface area contributed by atoms with Gasteiger partial charge in [-0.25, -0.2) is 8.42 Å². The standard InChI is InChI=1S/C19H16N2O5S/c22-18(8-9-19(23)24)14-5-3-6-15(10-14)21-27(25,26)16-11-13-4-1-2-7-17(13)20-12-16/h1-7,10-12,21H,8-9H2,(H,23,24). The van der Waals surface area contributed by atoms with Crippen LogP contribution in [-0.2, 0) is 14.8 Å². The van der Waals surface area contributed by atoms with Crippen LogP contribution in [0.2, 0.25) is 0 Å². The largest absolute Gasteiger partial charge is 0.481 e. The second kappa shape index (κ2) is 7.55. The lowest BCUT2D eigenvalue weighted by atomic mass is 10.1. The Kier molecular flexibility index (Phi) is 5.18. The molecule has 0 fully saturated rings. The molecule has 1 aromatic heterocycles. The third-order valence-corrected chi connectivity index (χ3v) is 5.23. The van der Waals surface area contributed by atoms with Gasteiger partial charge in [-0.15, -0.1) is 0 Å². The Morgan fingerprint density at radius 2 is 1.78 bits per heavy atom. The average Bonchev–Trinajstić information content (AvgIpc) is 2.65. The van der Waals surface area contributed by atoms with Crippen LogP contribution in [0.15, 0.2) is 65.7 Å². The molecule has 2 N–H and O–H groups in total. The first-order valence-corrected chi connectivity index (χ1v) is 9.56. The van der Waals surface area contributed by atoms with Crippen molar-refractivity contribution in [3.05, 3.63) is 66.4 Å². The SMILES string of the molecule is O=C(O)CCC(=O)c1cccc(NS(=O)(=O)c2cnc3ccccc3c2)c1. The number of carbonyl (C=O) groups is 2. The Hall–Kier alpha value is -3.26. The number of hydrogen-bond acceptors (Lipinski definition) is 5. The number of rotatable bonds is 7. The van der Waals surface area contributed by atoms with E-state index in [-0.39, 0.29) is 34.8 Å². The minimum absolute atomic E-state index is 0.00352. The molecule has 2 aromatic carbocycles. The quantitative estimate of drug-likeness (QED) is 0.605. The Morgan fingerprint density at radius 1 is 1.00 bits per heavy atom. The van der Waals surface area contributed by atoms with E-state index < -0.39 is 16.0 Å². The molecule has 1 heterocycles. The minimum Gasteiger partial charge on any atom is -0.481 e. The fourth-order valence-corrected chi connectivity index (χ4v) is 3.56. The van der Waals surface area contributed by atoms with Crippen molar-refractivity contribution < 1.29 is 23.1 Å². The van der Waals surface area contributed by atoms with Crippen LogP contribution in [-0.4, -0.2) is 30.3 Å². The lowest BCUT2D eigenvalue weighted by Gasteiger charge is -2.10. The van der Waals surface area contributed by atoms with Crippen LogP contribution in [0.1, 0.15) is 23.2 Å². The van der Waals surface area contributed by atoms with Gasteiger partial charge in [-0.1, -0.05) is 30.3 Å². The van der Waals surface area contributed by atoms with Gasteiger partial charge < -0.3 is 5.11 Å². The molecular formula is C19H16N2O5S. The average molecular weight is 384 g/mol. The van der Waals surface area contributed by atoms with E-state index in [9.17, 15) is 18.0 Å². The number of aliphatic carboxylic acids is 1. The molecule has 0 aliphatic rings. The maximum atomic E-state index is 12.6. The van der Waals surface area contributed by atoms with E-state index in [1.54, 1.807) is 18.2 Å². The fraction of sp³-hybridized carbons (Fsp3) is 0.105. The first-order valence-electron chi connectivity index (χ1n) is 8.08. The number of benzene rings is 2. The van der Waals surface area contributed by atoms with Crippen molar-refractivity contribution in [1.29, 1.82) is 0 Å². The van der Waals surface area contributed by atoms with Crippen LogP contribution in [0, 0.1) is 0 Å². The molecule has 0 radical (unpaired) electrons. The molecule has 0 aliphatic heterocycles. The summed E-state index contributed by atoms with van der Waals surface area (Å²) in [7, 11) is -3.89. The van der Waals surface area contributed by atoms with Crippen molar-refractivity contribution in [2.24, 2.45) is 0 Å². The van der Waals surface area contributed by atoms with E-state index in [1.165, 1.54) is 36.5 Å². The number of para-hydroxylation sites is 1. The summed E-state index contributed by atoms with van der Waals surface area (Å²) in [6.07, 6.45) is 0.838. The first-order chi connectivity index (χ1) is 12.8. The second-order valence-corrected chi connectivity index (χ2v) is 7.55. The highest BCUT2D eigenvalue weighted by molar-refractivity contribution is 7.92. The Morgan fingerprint density at radius 3 is 2.56 bits per heavy atom. The van der Waals surface area contributed by atoms with Crippen molar-refractivity contribution in [2.45, 2.75) is 17.7 Å². The summed E-state index contributed by atoms with van der Waals surface area (Å²) in [5, 5.41) is 9.36. The number of nitrogens with one attached hydrogen (secondary N) is 1. The highest BCUT2D eigenvalue weighted by Gasteiger charge is 2.16. The number of hydrogen-bond donors (Lipinski definition) is 2. The predicted octanol–water partition coefficient (Wildman–Crippen LogP) is 3.08. The van der Waals surface area contributed by atoms with Crippen LogP contribution in [0.4, 0.5) is 5.69 Å². The van der Waals surface area contributed by atoms with E-state index >= 15 is 0 Å². The maximum absolute atomic E-state index is 12.6. The summed E-state index contributed by atoms with van der Waals surface area (Å²) >= 11 is 0. The smallest absolute Gasteiger partial charge is 0.303 e. The van der Waals surface area contributed by atoms with E-state index in [0.717, 1.165) is 0 Å². The van der Waals surface area contributed by atoms with Gasteiger partial charge in [0.15, 0.2) is 5.78 Å². The molecule has 8 heteroatoms. The molecule has 0 saturated carbocycles. The number of pyridine rings is 1. The zero-order chi connectivity index (χ0) is 19.4. The predicted molar refractivity (Wildman–Crippen MR) is 100 cm³/mol. The van der Waals surface area contributed by atoms with Crippen LogP contribution in [0.3, 0.4) is 0 Å². The van der Waals surface area contributed by atoms with Crippen LogP contribution in [0.25, 0.3) is 10.9 Å². The van der Waals surface area contributed by atoms with Gasteiger partial charge in [0, 0.05) is 29.3 Å². The van der Waals surface area contributed by atoms with E-state index in [2.05, 4.69) is 9.71 Å². The third-order valence-electron chi connectivity index (χ3n) is 3.88. The molecule has 7 nitrogen and oxygen atoms in total. The van der Waals surface area contributed by atoms with Crippen LogP contribution >= 0.6 is 0 Å². The zero-order valence-electron chi connectivity index (χ0n) is 14.1. The summed E-state index contributed by atoms with van der Waals surface area (Å²) in [6.45, 7) is 0. The van der Waals surface area contributed by atoms with Crippen molar-refractivity contribution >= 4 is 38.4 Å². The number of aromatic nitrogens is 1. The van der Waals surface area contributed by atoms with Gasteiger partial charge in [0.2, 0.25) is 0 Å². The summed E-state index contributed by atoms with van der Waals surface area (Å²) < 4.78 is 27.7. The number of ketones is 1. The molecule has 0 atom stereocenters. The van der Waals surface area contributed by atoms with Crippen LogP contribution in [0.5, 0.6) is 0 Å². The fourth-order valence-electron chi connectivity index (χ4n) is 2.53. The minimum atomic E-state index is -3.89. The normalized spacial score (nSPS) is 11.3. The summed E-state index contributed by atoms with van der Waals surface area (Å²) in [5.41, 5.74) is 1.14. The van der Waals surface area contributed by atoms with E-state index in [1.807, 2.05) is 6.07 Å². The highest BCUT2D eigenvalue weighted by atomic mass is 32.2. The maximum Gasteiger partial charge on any atom is 0.303 e. The molecular weight excluding hydrogens is 368 g/mol. The van der Waals surface area contributed by atoms with Crippen molar-refractivity contribution in [2.75, 3.05) is 4.72 Å². The molecule has 0 bridgehead atoms. The molecule has 0 aliphatic carbocycles. The van der Waals surface area contributed by atoms with Gasteiger partial charge in [-0.3, -0.25) is 19.3 Å². The molecule has 0 spiro atoms. The van der Waals surface area contributed by atoms with Gasteiger partial charge in [-0.2, -0.15) is 0 Å². The van der Waals surface area contributed by atoms with Crippen LogP contribution < -0.4 is 4.72 Å². The Bertz CT molecular complexity index is 1130. The Labute approximate surface area is 155 Å². The summed E-state index contributed by atoms with van der Waals surface area (Å²) in [4.78, 5) is 26.8. The summed E-state index contributed by atoms with van der Waals surface area (Å²) in [6, 6.07) is 14.6. The monoisotopic (exact) mass is 384 g/mol. The van der Waals surface area contributed by atoms with Gasteiger partial charge in [0.25, 0.3) is 10.0 Å². The molecule has 138 valence electrons. The molecule has 0 saturated heterocycles. The Balaban J connectivity index is 1.83. The molecule has 0 amide bonds. The van der Waals surface area contributed by atoms with Gasteiger partial charge in [-0.05, 0) is 24.3 Å². The molecule has 27 heavy (non-hydrogen) atoms. The topological polar surface area (TPSA) is 113 Å². The number of fused-ring (bicyclic) bond motifs is 1. The lowest BCUT2D eigenvalue weighted by molar-refractivity contribution is -0.136. The number of anilines is 1. The molecule has 3 rings (SSSR count). The van der Waals surface area contributed by atoms with E-state index in [0.29, 0.717) is 10.9 Å². The number of carbonyl (C=O) groups excluding carboxylic acids is 1. The first kappa shape index (κ1) is 18.5. The summed E-state index contributed by atoms with van der Waals surface area (Å²) in [5.74, 6) is -1.44. The third kappa shape index (κ3) is 4.48. The van der Waals surface area contributed by atoms with Crippen molar-refractivity contribution in [1.82, 2.24) is 4.98 Å². The molecule has 0 unspecified atom stereocenters. The molecule has 3 aromatic rings. The number of sulfonamides is 1. The lowest BCUT2D eigenvalue weighted by Crippen LogP contribution is -2.14. The van der Waals surface area contributed by atoms with Crippen molar-refractivity contribution in [3.63, 3.8) is 0 Å². The highest BCUT2D eigenvalue weighted by Crippen LogP contribution is 2.20. The number of carboxylic acid groups (broad SMARTS) is 1. The number of carboxylic acids is 1. The van der Waals surface area contributed by atoms with E-state index in [4.69, 9.17) is 5.11 Å². The van der Waals surface area contributed by atoms with Gasteiger partial charge >= 0.3 is 5.97 Å².